The van der Waals surface area contributed by atoms with Gasteiger partial charge in [-0.2, -0.15) is 0 Å². The first kappa shape index (κ1) is 16.6. The Morgan fingerprint density at radius 1 is 1.00 bits per heavy atom. The van der Waals surface area contributed by atoms with E-state index in [1.807, 2.05) is 0 Å². The second kappa shape index (κ2) is 5.37. The number of aromatic hydroxyl groups is 2. The number of anilines is 2. The summed E-state index contributed by atoms with van der Waals surface area (Å²) in [6, 6.07) is 4.30. The van der Waals surface area contributed by atoms with Gasteiger partial charge in [-0.05, 0) is 32.9 Å². The average molecular weight is 342 g/mol. The van der Waals surface area contributed by atoms with Crippen molar-refractivity contribution in [1.29, 1.82) is 0 Å². The molecule has 0 spiro atoms. The van der Waals surface area contributed by atoms with E-state index in [0.29, 0.717) is 22.4 Å². The van der Waals surface area contributed by atoms with E-state index in [1.54, 1.807) is 26.8 Å². The number of nitrogens with zero attached hydrogens (tertiary/aromatic N) is 2. The SMILES string of the molecule is CC(C)(C)OC(=O)c1c(O)c(O)cc2nc3cc(N)c(N)cc3nc12. The summed E-state index contributed by atoms with van der Waals surface area (Å²) in [4.78, 5) is 21.2. The van der Waals surface area contributed by atoms with Gasteiger partial charge in [0.2, 0.25) is 0 Å². The van der Waals surface area contributed by atoms with Crippen LogP contribution in [-0.2, 0) is 4.74 Å². The number of fused-ring (bicyclic) bond motifs is 2. The van der Waals surface area contributed by atoms with Gasteiger partial charge in [0.25, 0.3) is 0 Å². The Hall–Kier alpha value is -3.29. The summed E-state index contributed by atoms with van der Waals surface area (Å²) in [5, 5.41) is 20.1. The second-order valence-corrected chi connectivity index (χ2v) is 6.68. The van der Waals surface area contributed by atoms with E-state index < -0.39 is 23.1 Å². The molecule has 1 aromatic heterocycles. The van der Waals surface area contributed by atoms with Gasteiger partial charge in [0.1, 0.15) is 16.7 Å². The van der Waals surface area contributed by atoms with Crippen molar-refractivity contribution in [3.05, 3.63) is 23.8 Å². The Kier molecular flexibility index (Phi) is 3.56. The first-order valence-corrected chi connectivity index (χ1v) is 7.51. The fraction of sp³-hybridized carbons (Fsp3) is 0.235. The van der Waals surface area contributed by atoms with Crippen LogP contribution < -0.4 is 11.5 Å². The molecule has 0 saturated heterocycles. The lowest BCUT2D eigenvalue weighted by molar-refractivity contribution is 0.00684. The van der Waals surface area contributed by atoms with E-state index >= 15 is 0 Å². The number of nitrogens with two attached hydrogens (primary N) is 2. The number of aromatic nitrogens is 2. The highest BCUT2D eigenvalue weighted by Gasteiger charge is 2.26. The predicted octanol–water partition coefficient (Wildman–Crippen LogP) is 2.31. The summed E-state index contributed by atoms with van der Waals surface area (Å²) < 4.78 is 5.30. The molecule has 6 N–H and O–H groups in total. The maximum atomic E-state index is 12.5. The molecule has 0 aliphatic carbocycles. The molecular formula is C17H18N4O4. The Morgan fingerprint density at radius 3 is 2.12 bits per heavy atom. The second-order valence-electron chi connectivity index (χ2n) is 6.68. The number of hydrogen-bond donors (Lipinski definition) is 4. The van der Waals surface area contributed by atoms with Crippen molar-refractivity contribution < 1.29 is 19.7 Å². The third-order valence-electron chi connectivity index (χ3n) is 3.49. The number of nitrogen functional groups attached to an aromatic ring is 2. The monoisotopic (exact) mass is 342 g/mol. The summed E-state index contributed by atoms with van der Waals surface area (Å²) in [5.74, 6) is -1.92. The van der Waals surface area contributed by atoms with Gasteiger partial charge in [-0.25, -0.2) is 14.8 Å². The fourth-order valence-electron chi connectivity index (χ4n) is 2.39. The van der Waals surface area contributed by atoms with Crippen LogP contribution in [-0.4, -0.2) is 31.8 Å². The van der Waals surface area contributed by atoms with Gasteiger partial charge < -0.3 is 26.4 Å². The Morgan fingerprint density at radius 2 is 1.56 bits per heavy atom. The van der Waals surface area contributed by atoms with Gasteiger partial charge in [-0.3, -0.25) is 0 Å². The molecule has 130 valence electrons. The minimum Gasteiger partial charge on any atom is -0.504 e. The molecule has 25 heavy (non-hydrogen) atoms. The largest absolute Gasteiger partial charge is 0.504 e. The molecule has 8 nitrogen and oxygen atoms in total. The lowest BCUT2D eigenvalue weighted by Crippen LogP contribution is -2.24. The first-order chi connectivity index (χ1) is 11.6. The lowest BCUT2D eigenvalue weighted by Gasteiger charge is -2.20. The molecule has 3 rings (SSSR count). The molecule has 3 aromatic rings. The maximum Gasteiger partial charge on any atom is 0.344 e. The molecule has 0 saturated carbocycles. The van der Waals surface area contributed by atoms with Crippen LogP contribution in [0.4, 0.5) is 11.4 Å². The normalized spacial score (nSPS) is 11.8. The van der Waals surface area contributed by atoms with Gasteiger partial charge in [-0.15, -0.1) is 0 Å². The van der Waals surface area contributed by atoms with Crippen LogP contribution in [0.5, 0.6) is 11.5 Å². The van der Waals surface area contributed by atoms with Crippen molar-refractivity contribution in [2.45, 2.75) is 26.4 Å². The van der Waals surface area contributed by atoms with Crippen molar-refractivity contribution in [1.82, 2.24) is 9.97 Å². The van der Waals surface area contributed by atoms with Crippen LogP contribution in [0.15, 0.2) is 18.2 Å². The molecule has 2 aromatic carbocycles. The number of rotatable bonds is 1. The summed E-state index contributed by atoms with van der Waals surface area (Å²) in [6.45, 7) is 5.08. The molecule has 1 heterocycles. The molecule has 0 bridgehead atoms. The van der Waals surface area contributed by atoms with Crippen molar-refractivity contribution in [2.75, 3.05) is 11.5 Å². The molecule has 0 fully saturated rings. The zero-order valence-corrected chi connectivity index (χ0v) is 14.0. The van der Waals surface area contributed by atoms with Crippen molar-refractivity contribution in [3.63, 3.8) is 0 Å². The number of ether oxygens (including phenoxy) is 1. The highest BCUT2D eigenvalue weighted by Crippen LogP contribution is 2.36. The van der Waals surface area contributed by atoms with Gasteiger partial charge in [-0.1, -0.05) is 0 Å². The minimum atomic E-state index is -0.817. The number of hydrogen-bond acceptors (Lipinski definition) is 8. The topological polar surface area (TPSA) is 145 Å². The zero-order chi connectivity index (χ0) is 18.5. The summed E-state index contributed by atoms with van der Waals surface area (Å²) >= 11 is 0. The average Bonchev–Trinajstić information content (AvgIpc) is 2.46. The van der Waals surface area contributed by atoms with Crippen LogP contribution in [0.2, 0.25) is 0 Å². The maximum absolute atomic E-state index is 12.5. The highest BCUT2D eigenvalue weighted by atomic mass is 16.6. The molecular weight excluding hydrogens is 324 g/mol. The summed E-state index contributed by atoms with van der Waals surface area (Å²) in [6.07, 6.45) is 0. The molecule has 8 heteroatoms. The van der Waals surface area contributed by atoms with Crippen molar-refractivity contribution >= 4 is 39.4 Å². The molecule has 0 atom stereocenters. The zero-order valence-electron chi connectivity index (χ0n) is 14.0. The third-order valence-corrected chi connectivity index (χ3v) is 3.49. The van der Waals surface area contributed by atoms with Crippen LogP contribution in [0.25, 0.3) is 22.1 Å². The standard InChI is InChI=1S/C17H18N4O4/c1-17(2,3)25-16(24)13-14-11(6-12(22)15(13)23)20-9-4-7(18)8(19)5-10(9)21-14/h4-6,22-23H,18-19H2,1-3H3. The highest BCUT2D eigenvalue weighted by molar-refractivity contribution is 6.07. The number of benzene rings is 2. The smallest absolute Gasteiger partial charge is 0.344 e. The van der Waals surface area contributed by atoms with Crippen LogP contribution in [0.3, 0.4) is 0 Å². The predicted molar refractivity (Wildman–Crippen MR) is 94.4 cm³/mol. The van der Waals surface area contributed by atoms with E-state index in [4.69, 9.17) is 16.2 Å². The van der Waals surface area contributed by atoms with Crippen LogP contribution in [0, 0.1) is 0 Å². The minimum absolute atomic E-state index is 0.0984. The lowest BCUT2D eigenvalue weighted by atomic mass is 10.1. The Labute approximate surface area is 143 Å². The van der Waals surface area contributed by atoms with Gasteiger partial charge in [0.05, 0.1) is 27.9 Å². The Balaban J connectivity index is 2.34. The summed E-state index contributed by atoms with van der Waals surface area (Å²) in [5.41, 5.74) is 12.3. The van der Waals surface area contributed by atoms with Crippen LogP contribution >= 0.6 is 0 Å². The number of carbonyl (C=O) groups excluding carboxylic acids is 1. The number of esters is 1. The molecule has 0 aliphatic heterocycles. The number of phenols is 2. The number of carbonyl (C=O) groups is 1. The van der Waals surface area contributed by atoms with Crippen molar-refractivity contribution in [3.8, 4) is 11.5 Å². The van der Waals surface area contributed by atoms with E-state index in [-0.39, 0.29) is 16.6 Å². The van der Waals surface area contributed by atoms with E-state index in [9.17, 15) is 15.0 Å². The van der Waals surface area contributed by atoms with E-state index in [1.165, 1.54) is 12.1 Å². The third kappa shape index (κ3) is 2.93. The first-order valence-electron chi connectivity index (χ1n) is 7.51. The molecule has 0 amide bonds. The van der Waals surface area contributed by atoms with E-state index in [0.717, 1.165) is 0 Å². The van der Waals surface area contributed by atoms with Gasteiger partial charge in [0, 0.05) is 6.07 Å². The Bertz CT molecular complexity index is 1020. The molecule has 0 radical (unpaired) electrons. The van der Waals surface area contributed by atoms with Gasteiger partial charge in [0.15, 0.2) is 11.5 Å². The molecule has 0 unspecified atom stereocenters. The van der Waals surface area contributed by atoms with E-state index in [2.05, 4.69) is 9.97 Å². The fourth-order valence-corrected chi connectivity index (χ4v) is 2.39. The van der Waals surface area contributed by atoms with Gasteiger partial charge >= 0.3 is 5.97 Å². The quantitative estimate of drug-likeness (QED) is 0.228. The van der Waals surface area contributed by atoms with Crippen LogP contribution in [0.1, 0.15) is 31.1 Å². The summed E-state index contributed by atoms with van der Waals surface area (Å²) in [7, 11) is 0. The van der Waals surface area contributed by atoms with Crippen molar-refractivity contribution in [2.24, 2.45) is 0 Å². The molecule has 0 aliphatic rings. The number of phenolic OH excluding ortho intramolecular Hbond substituents is 2.